The van der Waals surface area contributed by atoms with Crippen molar-refractivity contribution in [3.8, 4) is 11.1 Å². The van der Waals surface area contributed by atoms with E-state index >= 15 is 0 Å². The summed E-state index contributed by atoms with van der Waals surface area (Å²) >= 11 is 0. The maximum atomic E-state index is 11.7. The molecule has 1 heterocycles. The van der Waals surface area contributed by atoms with Crippen molar-refractivity contribution in [2.24, 2.45) is 0 Å². The average molecular weight is 354 g/mol. The van der Waals surface area contributed by atoms with E-state index in [-0.39, 0.29) is 0 Å². The molecule has 2 nitrogen and oxygen atoms in total. The van der Waals surface area contributed by atoms with Gasteiger partial charge in [0.25, 0.3) is 0 Å². The van der Waals surface area contributed by atoms with Crippen molar-refractivity contribution in [1.29, 1.82) is 0 Å². The summed E-state index contributed by atoms with van der Waals surface area (Å²) in [6.07, 6.45) is 1.54. The lowest BCUT2D eigenvalue weighted by molar-refractivity contribution is 0.112. The number of rotatable bonds is 2. The predicted octanol–water partition coefficient (Wildman–Crippen LogP) is 6.19. The van der Waals surface area contributed by atoms with E-state index in [1.165, 1.54) is 16.3 Å². The molecule has 134 valence electrons. The molecule has 5 rings (SSSR count). The molecule has 0 amide bonds. The first-order chi connectivity index (χ1) is 13.2. The first kappa shape index (κ1) is 17.4. The van der Waals surface area contributed by atoms with Crippen molar-refractivity contribution < 1.29 is 9.53 Å². The second-order valence-corrected chi connectivity index (χ2v) is 6.99. The van der Waals surface area contributed by atoms with Crippen molar-refractivity contribution in [3.63, 3.8) is 0 Å². The fourth-order valence-electron chi connectivity index (χ4n) is 3.47. The number of hydrogen-bond donors (Lipinski definition) is 0. The molecular formula is C25H22O2. The molecule has 0 radical (unpaired) electrons. The Morgan fingerprint density at radius 3 is 1.89 bits per heavy atom. The largest absolute Gasteiger partial charge is 0.373 e. The van der Waals surface area contributed by atoms with Gasteiger partial charge in [-0.15, -0.1) is 0 Å². The number of carbonyl (C=O) groups excluding carboxylic acids is 1. The van der Waals surface area contributed by atoms with Gasteiger partial charge >= 0.3 is 0 Å². The Kier molecular flexibility index (Phi) is 4.74. The van der Waals surface area contributed by atoms with Crippen molar-refractivity contribution in [2.75, 3.05) is 6.61 Å². The van der Waals surface area contributed by atoms with E-state index < -0.39 is 0 Å². The van der Waals surface area contributed by atoms with Gasteiger partial charge < -0.3 is 4.74 Å². The number of hydrogen-bond acceptors (Lipinski definition) is 2. The molecule has 4 aromatic rings. The topological polar surface area (TPSA) is 29.6 Å². The van der Waals surface area contributed by atoms with Gasteiger partial charge in [-0.3, -0.25) is 4.79 Å². The minimum Gasteiger partial charge on any atom is -0.373 e. The van der Waals surface area contributed by atoms with Crippen molar-refractivity contribution >= 4 is 27.8 Å². The molecule has 0 spiro atoms. The normalized spacial score (nSPS) is 15.3. The summed E-state index contributed by atoms with van der Waals surface area (Å²) in [5, 5.41) is 4.65. The van der Waals surface area contributed by atoms with Crippen molar-refractivity contribution in [1.82, 2.24) is 0 Å². The van der Waals surface area contributed by atoms with Crippen LogP contribution in [0.15, 0.2) is 72.8 Å². The van der Waals surface area contributed by atoms with Crippen LogP contribution >= 0.6 is 0 Å². The molecule has 1 unspecified atom stereocenters. The van der Waals surface area contributed by atoms with Crippen LogP contribution in [0.5, 0.6) is 0 Å². The molecule has 1 saturated heterocycles. The Bertz CT molecular complexity index is 1120. The van der Waals surface area contributed by atoms with Gasteiger partial charge in [0.15, 0.2) is 6.29 Å². The highest BCUT2D eigenvalue weighted by Crippen LogP contribution is 2.38. The molecule has 4 aromatic carbocycles. The third-order valence-electron chi connectivity index (χ3n) is 4.98. The van der Waals surface area contributed by atoms with Crippen LogP contribution in [-0.4, -0.2) is 19.0 Å². The van der Waals surface area contributed by atoms with Crippen LogP contribution in [0.4, 0.5) is 0 Å². The second kappa shape index (κ2) is 7.34. The van der Waals surface area contributed by atoms with E-state index in [4.69, 9.17) is 4.74 Å². The Balaban J connectivity index is 0.000000400. The van der Waals surface area contributed by atoms with Crippen LogP contribution in [0, 0.1) is 6.92 Å². The van der Waals surface area contributed by atoms with Gasteiger partial charge in [-0.2, -0.15) is 0 Å². The standard InChI is InChI=1S/C22H16O.C3H6O/c1-15-10-11-16-6-2-4-8-19(16)21(15)22-18(14-23)13-12-17-7-3-5-9-20(17)22;1-3-2-4-3/h2-14H,1H3;3H,2H2,1H3. The number of aryl methyl sites for hydroxylation is 1. The predicted molar refractivity (Wildman–Crippen MR) is 112 cm³/mol. The minimum atomic E-state index is 0.583. The smallest absolute Gasteiger partial charge is 0.150 e. The molecule has 0 aliphatic carbocycles. The first-order valence-corrected chi connectivity index (χ1v) is 9.26. The zero-order chi connectivity index (χ0) is 18.8. The van der Waals surface area contributed by atoms with Gasteiger partial charge in [0, 0.05) is 11.1 Å². The Hall–Kier alpha value is -2.97. The van der Waals surface area contributed by atoms with Crippen molar-refractivity contribution in [3.05, 3.63) is 83.9 Å². The van der Waals surface area contributed by atoms with E-state index in [9.17, 15) is 4.79 Å². The lowest BCUT2D eigenvalue weighted by atomic mass is 9.88. The highest BCUT2D eigenvalue weighted by Gasteiger charge is 2.14. The Labute approximate surface area is 159 Å². The van der Waals surface area contributed by atoms with Crippen LogP contribution in [0.2, 0.25) is 0 Å². The number of aldehydes is 1. The molecule has 1 fully saturated rings. The first-order valence-electron chi connectivity index (χ1n) is 9.26. The zero-order valence-corrected chi connectivity index (χ0v) is 15.6. The fraction of sp³-hybridized carbons (Fsp3) is 0.160. The molecule has 1 aliphatic heterocycles. The van der Waals surface area contributed by atoms with Crippen LogP contribution in [0.3, 0.4) is 0 Å². The summed E-state index contributed by atoms with van der Waals surface area (Å²) in [6, 6.07) is 24.8. The van der Waals surface area contributed by atoms with Gasteiger partial charge in [-0.05, 0) is 46.5 Å². The fourth-order valence-corrected chi connectivity index (χ4v) is 3.47. The van der Waals surface area contributed by atoms with Gasteiger partial charge in [0.1, 0.15) is 0 Å². The summed E-state index contributed by atoms with van der Waals surface area (Å²) in [7, 11) is 0. The lowest BCUT2D eigenvalue weighted by Gasteiger charge is -2.15. The van der Waals surface area contributed by atoms with Crippen LogP contribution in [0.25, 0.3) is 32.7 Å². The SMILES string of the molecule is CC1CO1.Cc1ccc2ccccc2c1-c1c(C=O)ccc2ccccc12. The minimum absolute atomic E-state index is 0.583. The highest BCUT2D eigenvalue weighted by molar-refractivity contribution is 6.11. The highest BCUT2D eigenvalue weighted by atomic mass is 16.6. The van der Waals surface area contributed by atoms with Crippen LogP contribution in [-0.2, 0) is 4.74 Å². The average Bonchev–Trinajstić information content (AvgIpc) is 3.50. The van der Waals surface area contributed by atoms with Crippen LogP contribution < -0.4 is 0 Å². The summed E-state index contributed by atoms with van der Waals surface area (Å²) in [5.41, 5.74) is 4.11. The lowest BCUT2D eigenvalue weighted by Crippen LogP contribution is -1.93. The van der Waals surface area contributed by atoms with E-state index in [1.807, 2.05) is 30.3 Å². The number of epoxide rings is 1. The quantitative estimate of drug-likeness (QED) is 0.317. The maximum absolute atomic E-state index is 11.7. The molecule has 0 saturated carbocycles. The molecule has 0 bridgehead atoms. The van der Waals surface area contributed by atoms with Crippen LogP contribution in [0.1, 0.15) is 22.8 Å². The van der Waals surface area contributed by atoms with E-state index in [2.05, 4.69) is 56.3 Å². The molecule has 1 aliphatic rings. The van der Waals surface area contributed by atoms with Gasteiger partial charge in [0.2, 0.25) is 0 Å². The Morgan fingerprint density at radius 1 is 0.815 bits per heavy atom. The third kappa shape index (κ3) is 3.49. The zero-order valence-electron chi connectivity index (χ0n) is 15.6. The monoisotopic (exact) mass is 354 g/mol. The van der Waals surface area contributed by atoms with Gasteiger partial charge in [-0.25, -0.2) is 0 Å². The summed E-state index contributed by atoms with van der Waals surface area (Å²) in [5.74, 6) is 0. The number of benzene rings is 4. The molecule has 0 N–H and O–H groups in total. The summed E-state index contributed by atoms with van der Waals surface area (Å²) in [6.45, 7) is 5.15. The number of carbonyl (C=O) groups is 1. The van der Waals surface area contributed by atoms with E-state index in [0.29, 0.717) is 6.10 Å². The Morgan fingerprint density at radius 2 is 1.33 bits per heavy atom. The second-order valence-electron chi connectivity index (χ2n) is 6.99. The number of ether oxygens (including phenoxy) is 1. The summed E-state index contributed by atoms with van der Waals surface area (Å²) < 4.78 is 4.71. The molecule has 1 atom stereocenters. The maximum Gasteiger partial charge on any atom is 0.150 e. The van der Waals surface area contributed by atoms with Crippen molar-refractivity contribution in [2.45, 2.75) is 20.0 Å². The molecule has 27 heavy (non-hydrogen) atoms. The van der Waals surface area contributed by atoms with Gasteiger partial charge in [0.05, 0.1) is 12.7 Å². The molecular weight excluding hydrogens is 332 g/mol. The van der Waals surface area contributed by atoms with E-state index in [0.717, 1.165) is 40.4 Å². The van der Waals surface area contributed by atoms with Gasteiger partial charge in [-0.1, -0.05) is 72.8 Å². The molecule has 2 heteroatoms. The number of fused-ring (bicyclic) bond motifs is 2. The van der Waals surface area contributed by atoms with E-state index in [1.54, 1.807) is 0 Å². The third-order valence-corrected chi connectivity index (χ3v) is 4.98. The summed E-state index contributed by atoms with van der Waals surface area (Å²) in [4.78, 5) is 11.7. The molecule has 0 aromatic heterocycles.